The fourth-order valence-corrected chi connectivity index (χ4v) is 7.24. The number of aromatic nitrogens is 6. The van der Waals surface area contributed by atoms with Crippen LogP contribution >= 0.6 is 0 Å². The van der Waals surface area contributed by atoms with Gasteiger partial charge in [0.15, 0.2) is 0 Å². The van der Waals surface area contributed by atoms with Gasteiger partial charge < -0.3 is 38.9 Å². The third-order valence-electron chi connectivity index (χ3n) is 7.67. The van der Waals surface area contributed by atoms with Crippen LogP contribution in [0.25, 0.3) is 22.1 Å². The second-order valence-electron chi connectivity index (χ2n) is 10.8. The van der Waals surface area contributed by atoms with Crippen LogP contribution < -0.4 is 28.9 Å². The van der Waals surface area contributed by atoms with Crippen LogP contribution in [0.2, 0.25) is 0 Å². The van der Waals surface area contributed by atoms with Crippen LogP contribution in [0.4, 0.5) is 0 Å². The molecule has 0 N–H and O–H groups in total. The molecule has 0 aliphatic rings. The van der Waals surface area contributed by atoms with Crippen LogP contribution in [-0.2, 0) is 50.2 Å². The summed E-state index contributed by atoms with van der Waals surface area (Å²) in [5.41, 5.74) is 7.87. The van der Waals surface area contributed by atoms with Gasteiger partial charge in [-0.3, -0.25) is 18.4 Å². The number of methoxy groups -OCH3 is 4. The van der Waals surface area contributed by atoms with Crippen LogP contribution in [0.1, 0.15) is 33.6 Å². The van der Waals surface area contributed by atoms with Crippen molar-refractivity contribution in [1.29, 1.82) is 0 Å². The van der Waals surface area contributed by atoms with Crippen molar-refractivity contribution in [3.8, 4) is 23.0 Å². The summed E-state index contributed by atoms with van der Waals surface area (Å²) in [6, 6.07) is 10.8. The van der Waals surface area contributed by atoms with Crippen LogP contribution in [0.3, 0.4) is 0 Å². The second kappa shape index (κ2) is 16.4. The summed E-state index contributed by atoms with van der Waals surface area (Å²) in [5.74, 6) is 3.43. The molecule has 12 nitrogen and oxygen atoms in total. The van der Waals surface area contributed by atoms with Crippen molar-refractivity contribution in [3.63, 3.8) is 0 Å². The molecule has 4 aromatic heterocycles. The Labute approximate surface area is 300 Å². The van der Waals surface area contributed by atoms with Crippen LogP contribution in [0.5, 0.6) is 23.0 Å². The minimum atomic E-state index is -1.38. The van der Waals surface area contributed by atoms with E-state index in [4.69, 9.17) is 18.9 Å². The van der Waals surface area contributed by atoms with E-state index in [1.54, 1.807) is 77.2 Å². The number of pyridine rings is 2. The number of fused-ring (bicyclic) bond motifs is 2. The van der Waals surface area contributed by atoms with Crippen molar-refractivity contribution >= 4 is 43.7 Å². The van der Waals surface area contributed by atoms with Gasteiger partial charge in [0.1, 0.15) is 23.0 Å². The molecule has 2 atom stereocenters. The van der Waals surface area contributed by atoms with Crippen LogP contribution in [0, 0.1) is 27.7 Å². The van der Waals surface area contributed by atoms with E-state index < -0.39 is 21.6 Å². The first-order chi connectivity index (χ1) is 23.1. The van der Waals surface area contributed by atoms with Gasteiger partial charge in [-0.1, -0.05) is 12.1 Å². The van der Waals surface area contributed by atoms with E-state index in [2.05, 4.69) is 29.9 Å². The molecule has 15 heteroatoms. The van der Waals surface area contributed by atoms with Gasteiger partial charge >= 0.3 is 17.1 Å². The molecule has 0 fully saturated rings. The van der Waals surface area contributed by atoms with Crippen molar-refractivity contribution in [2.24, 2.45) is 0 Å². The van der Waals surface area contributed by atoms with E-state index >= 15 is 0 Å². The number of aryl methyl sites for hydroxylation is 2. The van der Waals surface area contributed by atoms with Crippen molar-refractivity contribution < 1.29 is 44.4 Å². The van der Waals surface area contributed by atoms with E-state index in [0.29, 0.717) is 43.9 Å². The SMILES string of the molecule is COc1ccc2[n-]c([S@@](=O)Cc3ncc(C)c(OC)c3C)nc2c1.COc1ccc2[n-]c([S@@](=O)Cc3ncc(C)c(OC)c3C)nc2c1.[Cu+2]. The number of benzene rings is 2. The summed E-state index contributed by atoms with van der Waals surface area (Å²) in [6.45, 7) is 7.69. The summed E-state index contributed by atoms with van der Waals surface area (Å²) in [4.78, 5) is 26.2. The first-order valence-corrected chi connectivity index (χ1v) is 17.4. The van der Waals surface area contributed by atoms with Crippen molar-refractivity contribution in [2.45, 2.75) is 49.5 Å². The number of hydrogen-bond acceptors (Lipinski definition) is 10. The number of imidazole rings is 2. The van der Waals surface area contributed by atoms with Gasteiger partial charge in [0.2, 0.25) is 0 Å². The van der Waals surface area contributed by atoms with E-state index in [-0.39, 0.29) is 28.6 Å². The molecule has 0 amide bonds. The zero-order valence-electron chi connectivity index (χ0n) is 28.3. The smallest absolute Gasteiger partial charge is 0.497 e. The fraction of sp³-hybridized carbons (Fsp3) is 0.294. The van der Waals surface area contributed by atoms with Crippen molar-refractivity contribution in [1.82, 2.24) is 29.9 Å². The summed E-state index contributed by atoms with van der Waals surface area (Å²) >= 11 is 0. The predicted octanol–water partition coefficient (Wildman–Crippen LogP) is 5.06. The second-order valence-corrected chi connectivity index (χ2v) is 13.5. The summed E-state index contributed by atoms with van der Waals surface area (Å²) in [6.07, 6.45) is 3.46. The topological polar surface area (TPSA) is 151 Å². The molecular weight excluding hydrogens is 716 g/mol. The standard InChI is InChI=1S/2C17H18N3O3S.Cu/c2*1-10-8-18-15(11(2)16(10)23-4)9-24(21)17-19-13-6-5-12(22-3)7-14(13)20-17;/h2*5-8H,9H2,1-4H3;/q2*-1;+2/t2*24-;/m00./s1. The zero-order chi connectivity index (χ0) is 34.5. The molecule has 0 aliphatic heterocycles. The Morgan fingerprint density at radius 1 is 0.612 bits per heavy atom. The Morgan fingerprint density at radius 3 is 1.35 bits per heavy atom. The fourth-order valence-electron chi connectivity index (χ4n) is 5.11. The molecule has 0 saturated carbocycles. The van der Waals surface area contributed by atoms with Crippen LogP contribution in [-0.4, -0.2) is 56.8 Å². The van der Waals surface area contributed by atoms with Crippen molar-refractivity contribution in [2.75, 3.05) is 28.4 Å². The molecule has 0 spiro atoms. The Morgan fingerprint density at radius 2 is 1.00 bits per heavy atom. The normalized spacial score (nSPS) is 12.1. The minimum Gasteiger partial charge on any atom is -0.497 e. The summed E-state index contributed by atoms with van der Waals surface area (Å²) in [7, 11) is 3.66. The molecule has 0 unspecified atom stereocenters. The van der Waals surface area contributed by atoms with Crippen LogP contribution in [0.15, 0.2) is 59.1 Å². The molecule has 2 aromatic carbocycles. The first-order valence-electron chi connectivity index (χ1n) is 14.8. The van der Waals surface area contributed by atoms with Crippen molar-refractivity contribution in [3.05, 3.63) is 82.4 Å². The average Bonchev–Trinajstić information content (AvgIpc) is 3.72. The maximum absolute atomic E-state index is 12.6. The Hall–Kier alpha value is -4.30. The molecule has 4 heterocycles. The Bertz CT molecular complexity index is 2000. The molecular formula is C34H36CuN6O6S2. The summed E-state index contributed by atoms with van der Waals surface area (Å²) in [5, 5.41) is 0.609. The number of ether oxygens (including phenoxy) is 4. The molecule has 0 saturated heterocycles. The molecule has 0 bridgehead atoms. The number of hydrogen-bond donors (Lipinski definition) is 0. The predicted molar refractivity (Wildman–Crippen MR) is 184 cm³/mol. The molecule has 261 valence electrons. The monoisotopic (exact) mass is 751 g/mol. The largest absolute Gasteiger partial charge is 2.00 e. The van der Waals surface area contributed by atoms with E-state index in [0.717, 1.165) is 45.1 Å². The molecule has 0 aliphatic carbocycles. The van der Waals surface area contributed by atoms with Gasteiger partial charge in [-0.05, 0) is 74.0 Å². The number of nitrogens with zero attached hydrogens (tertiary/aromatic N) is 6. The minimum absolute atomic E-state index is 0. The molecule has 49 heavy (non-hydrogen) atoms. The quantitative estimate of drug-likeness (QED) is 0.172. The maximum Gasteiger partial charge on any atom is 2.00 e. The van der Waals surface area contributed by atoms with Gasteiger partial charge in [0.05, 0.1) is 72.9 Å². The third-order valence-corrected chi connectivity index (χ3v) is 9.92. The zero-order valence-corrected chi connectivity index (χ0v) is 30.9. The van der Waals surface area contributed by atoms with Gasteiger partial charge in [-0.2, -0.15) is 0 Å². The van der Waals surface area contributed by atoms with E-state index in [9.17, 15) is 8.42 Å². The maximum atomic E-state index is 12.6. The Kier molecular flexibility index (Phi) is 12.6. The Balaban J connectivity index is 0.000000216. The van der Waals surface area contributed by atoms with Gasteiger partial charge in [0, 0.05) is 45.0 Å². The van der Waals surface area contributed by atoms with Gasteiger partial charge in [-0.25, -0.2) is 0 Å². The van der Waals surface area contributed by atoms with E-state index in [1.807, 2.05) is 27.7 Å². The molecule has 6 rings (SSSR count). The average molecular weight is 752 g/mol. The summed E-state index contributed by atoms with van der Waals surface area (Å²) < 4.78 is 46.4. The molecule has 1 radical (unpaired) electrons. The van der Waals surface area contributed by atoms with Gasteiger partial charge in [-0.15, -0.1) is 0 Å². The number of rotatable bonds is 10. The van der Waals surface area contributed by atoms with Gasteiger partial charge in [0.25, 0.3) is 0 Å². The third kappa shape index (κ3) is 8.30. The van der Waals surface area contributed by atoms with E-state index in [1.165, 1.54) is 0 Å². The molecule has 6 aromatic rings. The first kappa shape index (κ1) is 37.5.